The molecule has 0 saturated carbocycles. The van der Waals surface area contributed by atoms with E-state index in [0.29, 0.717) is 5.69 Å². The van der Waals surface area contributed by atoms with Crippen LogP contribution < -0.4 is 0 Å². The van der Waals surface area contributed by atoms with Crippen LogP contribution in [0.1, 0.15) is 44.1 Å². The first kappa shape index (κ1) is 18.2. The monoisotopic (exact) mass is 363 g/mol. The number of aromatic nitrogens is 3. The molecule has 0 bridgehead atoms. The largest absolute Gasteiger partial charge is 0.469 e. The predicted octanol–water partition coefficient (Wildman–Crippen LogP) is 5.87. The van der Waals surface area contributed by atoms with Gasteiger partial charge in [-0.1, -0.05) is 26.2 Å². The van der Waals surface area contributed by atoms with E-state index in [9.17, 15) is 13.2 Å². The Bertz CT molecular complexity index is 852. The lowest BCUT2D eigenvalue weighted by atomic mass is 10.0. The molecular formula is C19H20F3N3O. The minimum atomic E-state index is -4.48. The van der Waals surface area contributed by atoms with Crippen molar-refractivity contribution >= 4 is 0 Å². The Kier molecular flexibility index (Phi) is 5.44. The molecule has 3 aromatic rings. The zero-order valence-electron chi connectivity index (χ0n) is 14.4. The molecule has 7 heteroatoms. The van der Waals surface area contributed by atoms with Crippen LogP contribution in [0.15, 0.2) is 41.1 Å². The molecule has 0 atom stereocenters. The standard InChI is InChI=1S/C19H20F3N3O/c1-2-3-4-5-6-17-14(8-10-26-17)13-7-9-23-15(11-13)16-12-18(25-24-16)19(20,21)22/h7-12H,2-6H2,1H3,(H,24,25). The van der Waals surface area contributed by atoms with E-state index in [-0.39, 0.29) is 5.69 Å². The van der Waals surface area contributed by atoms with Gasteiger partial charge in [-0.2, -0.15) is 18.3 Å². The smallest absolute Gasteiger partial charge is 0.435 e. The molecule has 0 unspecified atom stereocenters. The van der Waals surface area contributed by atoms with Crippen molar-refractivity contribution in [1.82, 2.24) is 15.2 Å². The minimum absolute atomic E-state index is 0.229. The van der Waals surface area contributed by atoms with E-state index < -0.39 is 11.9 Å². The summed E-state index contributed by atoms with van der Waals surface area (Å²) < 4.78 is 43.8. The first-order valence-electron chi connectivity index (χ1n) is 8.65. The number of aryl methyl sites for hydroxylation is 1. The number of aromatic amines is 1. The summed E-state index contributed by atoms with van der Waals surface area (Å²) in [5.41, 5.74) is 1.48. The van der Waals surface area contributed by atoms with Gasteiger partial charge >= 0.3 is 6.18 Å². The van der Waals surface area contributed by atoms with Crippen LogP contribution in [0, 0.1) is 0 Å². The number of hydrogen-bond donors (Lipinski definition) is 1. The van der Waals surface area contributed by atoms with Gasteiger partial charge in [0.1, 0.15) is 5.76 Å². The number of nitrogens with one attached hydrogen (secondary N) is 1. The fourth-order valence-corrected chi connectivity index (χ4v) is 2.85. The summed E-state index contributed by atoms with van der Waals surface area (Å²) in [6.45, 7) is 2.16. The van der Waals surface area contributed by atoms with Gasteiger partial charge in [0.15, 0.2) is 5.69 Å². The Balaban J connectivity index is 1.82. The van der Waals surface area contributed by atoms with Crippen LogP contribution in [0.25, 0.3) is 22.5 Å². The van der Waals surface area contributed by atoms with Crippen LogP contribution in [0.2, 0.25) is 0 Å². The molecule has 1 N–H and O–H groups in total. The summed E-state index contributed by atoms with van der Waals surface area (Å²) in [6, 6.07) is 6.41. The molecule has 0 aromatic carbocycles. The highest BCUT2D eigenvalue weighted by molar-refractivity contribution is 5.70. The van der Waals surface area contributed by atoms with E-state index in [1.54, 1.807) is 18.5 Å². The van der Waals surface area contributed by atoms with Crippen molar-refractivity contribution < 1.29 is 17.6 Å². The predicted molar refractivity (Wildman–Crippen MR) is 92.4 cm³/mol. The third-order valence-corrected chi connectivity index (χ3v) is 4.22. The highest BCUT2D eigenvalue weighted by atomic mass is 19.4. The Morgan fingerprint density at radius 3 is 2.69 bits per heavy atom. The summed E-state index contributed by atoms with van der Waals surface area (Å²) in [7, 11) is 0. The summed E-state index contributed by atoms with van der Waals surface area (Å²) in [5.74, 6) is 0.888. The second kappa shape index (κ2) is 7.76. The van der Waals surface area contributed by atoms with Crippen molar-refractivity contribution in [2.45, 2.75) is 45.2 Å². The van der Waals surface area contributed by atoms with E-state index in [0.717, 1.165) is 42.2 Å². The van der Waals surface area contributed by atoms with Crippen molar-refractivity contribution in [3.8, 4) is 22.5 Å². The molecule has 138 valence electrons. The molecule has 0 radical (unpaired) electrons. The summed E-state index contributed by atoms with van der Waals surface area (Å²) in [6.07, 6.45) is 4.12. The van der Waals surface area contributed by atoms with E-state index in [1.165, 1.54) is 12.8 Å². The maximum absolute atomic E-state index is 12.7. The number of hydrogen-bond acceptors (Lipinski definition) is 3. The third-order valence-electron chi connectivity index (χ3n) is 4.22. The van der Waals surface area contributed by atoms with Gasteiger partial charge in [0.05, 0.1) is 17.7 Å². The molecule has 0 aliphatic rings. The van der Waals surface area contributed by atoms with Crippen molar-refractivity contribution in [2.24, 2.45) is 0 Å². The molecule has 0 spiro atoms. The first-order valence-corrected chi connectivity index (χ1v) is 8.65. The summed E-state index contributed by atoms with van der Waals surface area (Å²) in [5, 5.41) is 5.73. The number of H-pyrrole nitrogens is 1. The van der Waals surface area contributed by atoms with Gasteiger partial charge in [-0.3, -0.25) is 10.1 Å². The SMILES string of the molecule is CCCCCCc1occc1-c1ccnc(-c2cc(C(F)(F)F)n[nH]2)c1. The van der Waals surface area contributed by atoms with Crippen LogP contribution in [0.5, 0.6) is 0 Å². The topological polar surface area (TPSA) is 54.7 Å². The lowest BCUT2D eigenvalue weighted by Crippen LogP contribution is -2.04. The minimum Gasteiger partial charge on any atom is -0.469 e. The molecule has 0 saturated heterocycles. The maximum atomic E-state index is 12.7. The number of alkyl halides is 3. The average Bonchev–Trinajstić information content (AvgIpc) is 3.28. The van der Waals surface area contributed by atoms with Crippen LogP contribution in [-0.4, -0.2) is 15.2 Å². The van der Waals surface area contributed by atoms with Crippen LogP contribution in [-0.2, 0) is 12.6 Å². The van der Waals surface area contributed by atoms with E-state index in [1.807, 2.05) is 12.1 Å². The fraction of sp³-hybridized carbons (Fsp3) is 0.368. The normalized spacial score (nSPS) is 11.8. The summed E-state index contributed by atoms with van der Waals surface area (Å²) >= 11 is 0. The number of nitrogens with zero attached hydrogens (tertiary/aromatic N) is 2. The molecule has 0 amide bonds. The van der Waals surface area contributed by atoms with E-state index >= 15 is 0 Å². The maximum Gasteiger partial charge on any atom is 0.435 e. The lowest BCUT2D eigenvalue weighted by Gasteiger charge is -2.05. The third kappa shape index (κ3) is 4.15. The second-order valence-electron chi connectivity index (χ2n) is 6.16. The zero-order chi connectivity index (χ0) is 18.6. The highest BCUT2D eigenvalue weighted by Crippen LogP contribution is 2.32. The van der Waals surface area contributed by atoms with Crippen molar-refractivity contribution in [2.75, 3.05) is 0 Å². The molecular weight excluding hydrogens is 343 g/mol. The van der Waals surface area contributed by atoms with Gasteiger partial charge in [-0.25, -0.2) is 0 Å². The molecule has 3 rings (SSSR count). The van der Waals surface area contributed by atoms with Gasteiger partial charge in [-0.15, -0.1) is 0 Å². The quantitative estimate of drug-likeness (QED) is 0.534. The lowest BCUT2D eigenvalue weighted by molar-refractivity contribution is -0.141. The van der Waals surface area contributed by atoms with Crippen LogP contribution >= 0.6 is 0 Å². The van der Waals surface area contributed by atoms with Crippen molar-refractivity contribution in [3.05, 3.63) is 48.2 Å². The van der Waals surface area contributed by atoms with Gasteiger partial charge < -0.3 is 4.42 Å². The highest BCUT2D eigenvalue weighted by Gasteiger charge is 2.34. The number of pyridine rings is 1. The van der Waals surface area contributed by atoms with Crippen molar-refractivity contribution in [1.29, 1.82) is 0 Å². The fourth-order valence-electron chi connectivity index (χ4n) is 2.85. The molecule has 3 heterocycles. The van der Waals surface area contributed by atoms with E-state index in [4.69, 9.17) is 4.42 Å². The Morgan fingerprint density at radius 2 is 1.96 bits per heavy atom. The number of furan rings is 1. The van der Waals surface area contributed by atoms with Gasteiger partial charge in [0.25, 0.3) is 0 Å². The zero-order valence-corrected chi connectivity index (χ0v) is 14.4. The number of unbranched alkanes of at least 4 members (excludes halogenated alkanes) is 3. The van der Waals surface area contributed by atoms with Gasteiger partial charge in [0.2, 0.25) is 0 Å². The number of halogens is 3. The number of rotatable bonds is 7. The molecule has 4 nitrogen and oxygen atoms in total. The molecule has 0 fully saturated rings. The first-order chi connectivity index (χ1) is 12.5. The Labute approximate surface area is 149 Å². The Morgan fingerprint density at radius 1 is 1.12 bits per heavy atom. The summed E-state index contributed by atoms with van der Waals surface area (Å²) in [4.78, 5) is 4.16. The average molecular weight is 363 g/mol. The van der Waals surface area contributed by atoms with Crippen molar-refractivity contribution in [3.63, 3.8) is 0 Å². The van der Waals surface area contributed by atoms with Gasteiger partial charge in [-0.05, 0) is 36.2 Å². The molecule has 0 aliphatic heterocycles. The second-order valence-corrected chi connectivity index (χ2v) is 6.16. The van der Waals surface area contributed by atoms with E-state index in [2.05, 4.69) is 22.1 Å². The van der Waals surface area contributed by atoms with Crippen LogP contribution in [0.3, 0.4) is 0 Å². The van der Waals surface area contributed by atoms with Crippen LogP contribution in [0.4, 0.5) is 13.2 Å². The Hall–Kier alpha value is -2.57. The van der Waals surface area contributed by atoms with Gasteiger partial charge in [0, 0.05) is 18.2 Å². The molecule has 26 heavy (non-hydrogen) atoms. The molecule has 0 aliphatic carbocycles. The molecule has 3 aromatic heterocycles.